The summed E-state index contributed by atoms with van der Waals surface area (Å²) in [6, 6.07) is 7.13. The van der Waals surface area contributed by atoms with Crippen LogP contribution in [0.5, 0.6) is 0 Å². The van der Waals surface area contributed by atoms with Crippen molar-refractivity contribution in [3.8, 4) is 0 Å². The van der Waals surface area contributed by atoms with E-state index in [4.69, 9.17) is 21.1 Å². The van der Waals surface area contributed by atoms with E-state index in [-0.39, 0.29) is 18.3 Å². The molecule has 0 saturated heterocycles. The summed E-state index contributed by atoms with van der Waals surface area (Å²) in [7, 11) is 0. The van der Waals surface area contributed by atoms with Gasteiger partial charge in [-0.25, -0.2) is 9.59 Å². The van der Waals surface area contributed by atoms with Gasteiger partial charge in [-0.15, -0.1) is 0 Å². The fourth-order valence-corrected chi connectivity index (χ4v) is 2.98. The second-order valence-electron chi connectivity index (χ2n) is 6.94. The number of ether oxygens (including phenoxy) is 2. The number of nitrogens with one attached hydrogen (secondary N) is 2. The number of carbonyl (C=O) groups is 3. The van der Waals surface area contributed by atoms with Gasteiger partial charge in [-0.3, -0.25) is 4.79 Å². The molecule has 156 valence electrons. The predicted molar refractivity (Wildman–Crippen MR) is 109 cm³/mol. The average molecular weight is 421 g/mol. The maximum atomic E-state index is 12.5. The normalized spacial score (nSPS) is 11.8. The van der Waals surface area contributed by atoms with Crippen LogP contribution < -0.4 is 5.32 Å². The molecule has 1 aromatic heterocycles. The van der Waals surface area contributed by atoms with Crippen LogP contribution in [0.25, 0.3) is 0 Å². The van der Waals surface area contributed by atoms with Crippen LogP contribution in [0.1, 0.15) is 58.4 Å². The minimum atomic E-state index is -1.03. The van der Waals surface area contributed by atoms with Gasteiger partial charge in [-0.1, -0.05) is 29.8 Å². The van der Waals surface area contributed by atoms with Crippen LogP contribution in [0.4, 0.5) is 0 Å². The van der Waals surface area contributed by atoms with Crippen LogP contribution in [0, 0.1) is 13.8 Å². The molecule has 7 nitrogen and oxygen atoms in total. The number of aromatic amines is 1. The first kappa shape index (κ1) is 22.5. The van der Waals surface area contributed by atoms with Gasteiger partial charge in [0.05, 0.1) is 11.7 Å². The Labute approximate surface area is 174 Å². The Kier molecular flexibility index (Phi) is 7.45. The number of benzene rings is 1. The third-order valence-electron chi connectivity index (χ3n) is 4.25. The number of halogens is 1. The van der Waals surface area contributed by atoms with E-state index < -0.39 is 23.9 Å². The zero-order chi connectivity index (χ0) is 21.7. The molecule has 1 amide bonds. The van der Waals surface area contributed by atoms with Gasteiger partial charge in [-0.2, -0.15) is 0 Å². The zero-order valence-corrected chi connectivity index (χ0v) is 17.8. The number of amides is 1. The fourth-order valence-electron chi connectivity index (χ4n) is 2.77. The van der Waals surface area contributed by atoms with E-state index in [9.17, 15) is 14.4 Å². The summed E-state index contributed by atoms with van der Waals surface area (Å²) in [4.78, 5) is 39.9. The molecule has 0 aliphatic heterocycles. The molecule has 2 aromatic rings. The molecule has 2 N–H and O–H groups in total. The van der Waals surface area contributed by atoms with Crippen molar-refractivity contribution in [1.29, 1.82) is 0 Å². The molecule has 1 aromatic carbocycles. The molecule has 1 heterocycles. The van der Waals surface area contributed by atoms with Gasteiger partial charge in [0.1, 0.15) is 5.69 Å². The Bertz CT molecular complexity index is 920. The zero-order valence-electron chi connectivity index (χ0n) is 17.1. The number of aryl methyl sites for hydroxylation is 1. The summed E-state index contributed by atoms with van der Waals surface area (Å²) in [5, 5.41) is 3.22. The maximum absolute atomic E-state index is 12.5. The van der Waals surface area contributed by atoms with Crippen molar-refractivity contribution in [2.75, 3.05) is 0 Å². The molecule has 0 fully saturated rings. The molecular weight excluding hydrogens is 396 g/mol. The van der Waals surface area contributed by atoms with E-state index in [1.165, 1.54) is 6.92 Å². The number of hydrogen-bond acceptors (Lipinski definition) is 5. The summed E-state index contributed by atoms with van der Waals surface area (Å²) >= 11 is 6.06. The van der Waals surface area contributed by atoms with Gasteiger partial charge in [0.15, 0.2) is 6.10 Å². The second-order valence-corrected chi connectivity index (χ2v) is 7.34. The van der Waals surface area contributed by atoms with E-state index in [2.05, 4.69) is 10.3 Å². The van der Waals surface area contributed by atoms with Crippen molar-refractivity contribution in [2.24, 2.45) is 0 Å². The van der Waals surface area contributed by atoms with Crippen molar-refractivity contribution < 1.29 is 23.9 Å². The maximum Gasteiger partial charge on any atom is 0.355 e. The minimum absolute atomic E-state index is 0.115. The van der Waals surface area contributed by atoms with Crippen LogP contribution in [-0.2, 0) is 20.8 Å². The highest BCUT2D eigenvalue weighted by molar-refractivity contribution is 6.31. The SMILES string of the molecule is Cc1[nH]c(C(=O)O[C@H](C)C(=O)NCc2ccccc2Cl)c(C)c1C(=O)OC(C)C. The van der Waals surface area contributed by atoms with Crippen molar-refractivity contribution in [3.05, 3.63) is 57.4 Å². The summed E-state index contributed by atoms with van der Waals surface area (Å²) in [6.45, 7) is 8.46. The quantitative estimate of drug-likeness (QED) is 0.665. The second kappa shape index (κ2) is 9.60. The Morgan fingerprint density at radius 1 is 1.07 bits per heavy atom. The van der Waals surface area contributed by atoms with E-state index in [1.54, 1.807) is 45.9 Å². The molecule has 0 spiro atoms. The van der Waals surface area contributed by atoms with Gasteiger partial charge in [-0.05, 0) is 51.8 Å². The van der Waals surface area contributed by atoms with Gasteiger partial charge >= 0.3 is 11.9 Å². The van der Waals surface area contributed by atoms with Crippen LogP contribution in [0.3, 0.4) is 0 Å². The molecule has 0 unspecified atom stereocenters. The smallest absolute Gasteiger partial charge is 0.355 e. The lowest BCUT2D eigenvalue weighted by molar-refractivity contribution is -0.129. The summed E-state index contributed by atoms with van der Waals surface area (Å²) < 4.78 is 10.5. The molecule has 1 atom stereocenters. The van der Waals surface area contributed by atoms with E-state index in [0.717, 1.165) is 5.56 Å². The summed E-state index contributed by atoms with van der Waals surface area (Å²) in [5.41, 5.74) is 2.08. The fraction of sp³-hybridized carbons (Fsp3) is 0.381. The van der Waals surface area contributed by atoms with Gasteiger partial charge in [0, 0.05) is 17.3 Å². The average Bonchev–Trinajstić information content (AvgIpc) is 2.94. The van der Waals surface area contributed by atoms with Crippen LogP contribution in [0.2, 0.25) is 5.02 Å². The molecule has 2 rings (SSSR count). The summed E-state index contributed by atoms with van der Waals surface area (Å²) in [5.74, 6) is -1.70. The van der Waals surface area contributed by atoms with Crippen molar-refractivity contribution in [2.45, 2.75) is 53.4 Å². The van der Waals surface area contributed by atoms with Crippen LogP contribution in [0.15, 0.2) is 24.3 Å². The number of aromatic nitrogens is 1. The Hall–Kier alpha value is -2.80. The molecule has 8 heteroatoms. The van der Waals surface area contributed by atoms with Gasteiger partial charge in [0.2, 0.25) is 0 Å². The molecule has 0 bridgehead atoms. The number of esters is 2. The number of hydrogen-bond donors (Lipinski definition) is 2. The Morgan fingerprint density at radius 2 is 1.72 bits per heavy atom. The topological polar surface area (TPSA) is 97.5 Å². The Morgan fingerprint density at radius 3 is 2.34 bits per heavy atom. The third-order valence-corrected chi connectivity index (χ3v) is 4.62. The van der Waals surface area contributed by atoms with E-state index in [1.807, 2.05) is 6.07 Å². The summed E-state index contributed by atoms with van der Waals surface area (Å²) in [6.07, 6.45) is -1.31. The number of rotatable bonds is 7. The number of carbonyl (C=O) groups excluding carboxylic acids is 3. The molecule has 0 aliphatic rings. The molecular formula is C21H25ClN2O5. The van der Waals surface area contributed by atoms with Crippen molar-refractivity contribution in [3.63, 3.8) is 0 Å². The van der Waals surface area contributed by atoms with Gasteiger partial charge < -0.3 is 19.8 Å². The third kappa shape index (κ3) is 5.60. The van der Waals surface area contributed by atoms with Crippen LogP contribution in [-0.4, -0.2) is 35.0 Å². The lowest BCUT2D eigenvalue weighted by Gasteiger charge is -2.14. The lowest BCUT2D eigenvalue weighted by Crippen LogP contribution is -2.35. The lowest BCUT2D eigenvalue weighted by atomic mass is 10.1. The number of H-pyrrole nitrogens is 1. The first-order valence-corrected chi connectivity index (χ1v) is 9.61. The standard InChI is InChI=1S/C21H25ClN2O5/c1-11(2)28-20(26)17-12(3)18(24-13(17)4)21(27)29-14(5)19(25)23-10-15-8-6-7-9-16(15)22/h6-9,11,14,24H,10H2,1-5H3,(H,23,25)/t14-/m1/s1. The molecule has 0 saturated carbocycles. The minimum Gasteiger partial charge on any atom is -0.459 e. The molecule has 29 heavy (non-hydrogen) atoms. The monoisotopic (exact) mass is 420 g/mol. The largest absolute Gasteiger partial charge is 0.459 e. The molecule has 0 aliphatic carbocycles. The van der Waals surface area contributed by atoms with E-state index >= 15 is 0 Å². The predicted octanol–water partition coefficient (Wildman–Crippen LogP) is 3.71. The van der Waals surface area contributed by atoms with Crippen molar-refractivity contribution >= 4 is 29.4 Å². The molecule has 0 radical (unpaired) electrons. The Balaban J connectivity index is 2.03. The van der Waals surface area contributed by atoms with Crippen molar-refractivity contribution in [1.82, 2.24) is 10.3 Å². The highest BCUT2D eigenvalue weighted by Crippen LogP contribution is 2.21. The highest BCUT2D eigenvalue weighted by Gasteiger charge is 2.26. The van der Waals surface area contributed by atoms with Gasteiger partial charge in [0.25, 0.3) is 5.91 Å². The van der Waals surface area contributed by atoms with E-state index in [0.29, 0.717) is 21.8 Å². The highest BCUT2D eigenvalue weighted by atomic mass is 35.5. The van der Waals surface area contributed by atoms with Crippen LogP contribution >= 0.6 is 11.6 Å². The first-order chi connectivity index (χ1) is 13.6. The first-order valence-electron chi connectivity index (χ1n) is 9.24.